The maximum atomic E-state index is 12.2. The number of amides is 1. The minimum Gasteiger partial charge on any atom is -0.330 e. The predicted molar refractivity (Wildman–Crippen MR) is 86.0 cm³/mol. The van der Waals surface area contributed by atoms with Crippen molar-refractivity contribution in [1.29, 1.82) is 5.26 Å². The minimum atomic E-state index is -0.203. The summed E-state index contributed by atoms with van der Waals surface area (Å²) in [5, 5.41) is 13.7. The number of hydrogen-bond donors (Lipinski definition) is 2. The molecule has 0 aromatic heterocycles. The van der Waals surface area contributed by atoms with Crippen LogP contribution in [0.15, 0.2) is 54.6 Å². The molecule has 22 heavy (non-hydrogen) atoms. The average Bonchev–Trinajstić information content (AvgIpc) is 2.56. The molecule has 0 radical (unpaired) electrons. The molecule has 0 fully saturated rings. The van der Waals surface area contributed by atoms with Crippen LogP contribution in [0.1, 0.15) is 31.0 Å². The number of hydrogen-bond acceptors (Lipinski definition) is 2. The Morgan fingerprint density at radius 2 is 1.73 bits per heavy atom. The van der Waals surface area contributed by atoms with Crippen molar-refractivity contribution in [3.63, 3.8) is 0 Å². The maximum absolute atomic E-state index is 12.2. The van der Waals surface area contributed by atoms with Crippen LogP contribution in [-0.2, 0) is 4.79 Å². The van der Waals surface area contributed by atoms with Crippen LogP contribution in [0.5, 0.6) is 0 Å². The maximum Gasteiger partial charge on any atom is 0.282 e. The van der Waals surface area contributed by atoms with Crippen molar-refractivity contribution in [2.75, 3.05) is 5.32 Å². The van der Waals surface area contributed by atoms with E-state index in [2.05, 4.69) is 30.4 Å². The molecule has 0 aliphatic heterocycles. The third-order valence-corrected chi connectivity index (χ3v) is 3.60. The topological polar surface area (TPSA) is 69.5 Å². The molecule has 0 saturated carbocycles. The zero-order valence-electron chi connectivity index (χ0n) is 12.8. The fourth-order valence-corrected chi connectivity index (χ4v) is 2.27. The van der Waals surface area contributed by atoms with Crippen LogP contribution < -0.4 is 10.6 Å². The fourth-order valence-electron chi connectivity index (χ4n) is 2.27. The number of anilines is 1. The molecule has 3 N–H and O–H groups in total. The second kappa shape index (κ2) is 7.39. The lowest BCUT2D eigenvalue weighted by Gasteiger charge is -2.16. The van der Waals surface area contributed by atoms with E-state index in [1.807, 2.05) is 30.4 Å². The monoisotopic (exact) mass is 294 g/mol. The van der Waals surface area contributed by atoms with E-state index in [1.165, 1.54) is 5.56 Å². The summed E-state index contributed by atoms with van der Waals surface area (Å²) in [7, 11) is 0. The lowest BCUT2D eigenvalue weighted by atomic mass is 10.1. The van der Waals surface area contributed by atoms with E-state index >= 15 is 0 Å². The first-order valence-electron chi connectivity index (χ1n) is 7.31. The Balaban J connectivity index is 1.93. The van der Waals surface area contributed by atoms with Crippen LogP contribution in [0.4, 0.5) is 5.69 Å². The number of rotatable bonds is 5. The number of carbonyl (C=O) groups excluding carboxylic acids is 1. The van der Waals surface area contributed by atoms with Crippen LogP contribution >= 0.6 is 0 Å². The van der Waals surface area contributed by atoms with Crippen LogP contribution in [0.25, 0.3) is 0 Å². The summed E-state index contributed by atoms with van der Waals surface area (Å²) in [6.07, 6.45) is 0. The number of carbonyl (C=O) groups is 1. The first-order valence-corrected chi connectivity index (χ1v) is 7.31. The van der Waals surface area contributed by atoms with E-state index in [0.717, 1.165) is 0 Å². The SMILES string of the molecule is C[C@H]([NH2+][C@@H](C)c1ccccc1)C(=O)Nc1ccc(C#N)cc1. The molecule has 0 bridgehead atoms. The van der Waals surface area contributed by atoms with Crippen molar-refractivity contribution in [3.8, 4) is 6.07 Å². The van der Waals surface area contributed by atoms with E-state index in [1.54, 1.807) is 24.3 Å². The van der Waals surface area contributed by atoms with Gasteiger partial charge in [-0.3, -0.25) is 4.79 Å². The lowest BCUT2D eigenvalue weighted by molar-refractivity contribution is -0.709. The zero-order valence-corrected chi connectivity index (χ0v) is 12.8. The summed E-state index contributed by atoms with van der Waals surface area (Å²) >= 11 is 0. The lowest BCUT2D eigenvalue weighted by Crippen LogP contribution is -2.91. The first-order chi connectivity index (χ1) is 10.6. The fraction of sp³-hybridized carbons (Fsp3) is 0.222. The Morgan fingerprint density at radius 3 is 2.32 bits per heavy atom. The molecule has 0 saturated heterocycles. The standard InChI is InChI=1S/C18H19N3O/c1-13(16-6-4-3-5-7-16)20-14(2)18(22)21-17-10-8-15(12-19)9-11-17/h3-11,13-14,20H,1-2H3,(H,21,22)/p+1/t13-,14-/m0/s1. The molecule has 2 aromatic carbocycles. The molecule has 112 valence electrons. The van der Waals surface area contributed by atoms with Crippen LogP contribution in [0.2, 0.25) is 0 Å². The molecule has 0 aliphatic carbocycles. The highest BCUT2D eigenvalue weighted by molar-refractivity contribution is 5.93. The molecule has 4 heteroatoms. The molecule has 2 atom stereocenters. The molecule has 0 heterocycles. The van der Waals surface area contributed by atoms with Crippen molar-refractivity contribution in [3.05, 3.63) is 65.7 Å². The van der Waals surface area contributed by atoms with Crippen LogP contribution in [-0.4, -0.2) is 11.9 Å². The number of nitrogens with one attached hydrogen (secondary N) is 1. The zero-order chi connectivity index (χ0) is 15.9. The largest absolute Gasteiger partial charge is 0.330 e. The number of nitriles is 1. The molecule has 0 unspecified atom stereocenters. The quantitative estimate of drug-likeness (QED) is 0.887. The van der Waals surface area contributed by atoms with Gasteiger partial charge in [0, 0.05) is 11.3 Å². The van der Waals surface area contributed by atoms with Gasteiger partial charge in [-0.1, -0.05) is 30.3 Å². The highest BCUT2D eigenvalue weighted by atomic mass is 16.2. The van der Waals surface area contributed by atoms with Gasteiger partial charge in [0.25, 0.3) is 5.91 Å². The summed E-state index contributed by atoms with van der Waals surface area (Å²) in [6.45, 7) is 3.97. The molecule has 4 nitrogen and oxygen atoms in total. The molecular weight excluding hydrogens is 274 g/mol. The summed E-state index contributed by atoms with van der Waals surface area (Å²) in [4.78, 5) is 12.2. The first kappa shape index (κ1) is 15.7. The Kier molecular flexibility index (Phi) is 5.29. The van der Waals surface area contributed by atoms with Gasteiger partial charge in [-0.05, 0) is 38.1 Å². The minimum absolute atomic E-state index is 0.0486. The van der Waals surface area contributed by atoms with Crippen molar-refractivity contribution < 1.29 is 10.1 Å². The molecule has 2 aromatic rings. The third-order valence-electron chi connectivity index (χ3n) is 3.60. The molecule has 0 aliphatic rings. The van der Waals surface area contributed by atoms with E-state index in [-0.39, 0.29) is 18.0 Å². The Labute approximate surface area is 130 Å². The van der Waals surface area contributed by atoms with Gasteiger partial charge >= 0.3 is 0 Å². The number of quaternary nitrogens is 1. The summed E-state index contributed by atoms with van der Waals surface area (Å²) in [5.41, 5.74) is 2.48. The third kappa shape index (κ3) is 4.18. The summed E-state index contributed by atoms with van der Waals surface area (Å²) in [6, 6.07) is 19.0. The summed E-state index contributed by atoms with van der Waals surface area (Å²) < 4.78 is 0. The van der Waals surface area contributed by atoms with Crippen LogP contribution in [0.3, 0.4) is 0 Å². The van der Waals surface area contributed by atoms with Crippen molar-refractivity contribution in [2.45, 2.75) is 25.9 Å². The predicted octanol–water partition coefficient (Wildman–Crippen LogP) is 2.21. The van der Waals surface area contributed by atoms with Gasteiger partial charge in [-0.15, -0.1) is 0 Å². The highest BCUT2D eigenvalue weighted by Gasteiger charge is 2.20. The van der Waals surface area contributed by atoms with E-state index in [4.69, 9.17) is 5.26 Å². The molecule has 1 amide bonds. The van der Waals surface area contributed by atoms with E-state index in [0.29, 0.717) is 11.3 Å². The number of benzene rings is 2. The normalized spacial score (nSPS) is 13.0. The average molecular weight is 294 g/mol. The van der Waals surface area contributed by atoms with E-state index < -0.39 is 0 Å². The Hall–Kier alpha value is -2.64. The van der Waals surface area contributed by atoms with Gasteiger partial charge in [0.1, 0.15) is 6.04 Å². The van der Waals surface area contributed by atoms with Gasteiger partial charge in [-0.2, -0.15) is 5.26 Å². The van der Waals surface area contributed by atoms with Gasteiger partial charge in [0.15, 0.2) is 6.04 Å². The Morgan fingerprint density at radius 1 is 1.09 bits per heavy atom. The van der Waals surface area contributed by atoms with Crippen molar-refractivity contribution >= 4 is 11.6 Å². The number of nitrogens with two attached hydrogens (primary N) is 1. The molecule has 0 spiro atoms. The van der Waals surface area contributed by atoms with Crippen molar-refractivity contribution in [1.82, 2.24) is 0 Å². The molecule has 2 rings (SSSR count). The smallest absolute Gasteiger partial charge is 0.282 e. The van der Waals surface area contributed by atoms with Crippen LogP contribution in [0, 0.1) is 11.3 Å². The second-order valence-corrected chi connectivity index (χ2v) is 5.36. The van der Waals surface area contributed by atoms with Crippen molar-refractivity contribution in [2.24, 2.45) is 0 Å². The summed E-state index contributed by atoms with van der Waals surface area (Å²) in [5.74, 6) is -0.0486. The Bertz CT molecular complexity index is 659. The number of nitrogens with zero attached hydrogens (tertiary/aromatic N) is 1. The molecular formula is C18H20N3O+. The van der Waals surface area contributed by atoms with Gasteiger partial charge in [-0.25, -0.2) is 0 Å². The highest BCUT2D eigenvalue weighted by Crippen LogP contribution is 2.10. The van der Waals surface area contributed by atoms with Gasteiger partial charge < -0.3 is 10.6 Å². The van der Waals surface area contributed by atoms with E-state index in [9.17, 15) is 4.79 Å². The van der Waals surface area contributed by atoms with Gasteiger partial charge in [0.05, 0.1) is 11.6 Å². The van der Waals surface area contributed by atoms with Gasteiger partial charge in [0.2, 0.25) is 0 Å². The second-order valence-electron chi connectivity index (χ2n) is 5.36.